The number of ketones is 1. The number of aryl methyl sites for hydroxylation is 1. The van der Waals surface area contributed by atoms with Crippen molar-refractivity contribution in [1.82, 2.24) is 4.98 Å². The fourth-order valence-corrected chi connectivity index (χ4v) is 4.85. The van der Waals surface area contributed by atoms with Crippen LogP contribution < -0.4 is 0 Å². The first-order valence-electron chi connectivity index (χ1n) is 9.91. The molecule has 2 aliphatic rings. The van der Waals surface area contributed by atoms with Gasteiger partial charge in [0.05, 0.1) is 17.9 Å². The molecule has 0 aromatic carbocycles. The zero-order valence-electron chi connectivity index (χ0n) is 16.6. The van der Waals surface area contributed by atoms with E-state index in [9.17, 15) is 14.4 Å². The van der Waals surface area contributed by atoms with Crippen molar-refractivity contribution < 1.29 is 23.9 Å². The Morgan fingerprint density at radius 2 is 1.93 bits per heavy atom. The van der Waals surface area contributed by atoms with Crippen LogP contribution in [0, 0.1) is 31.6 Å². The van der Waals surface area contributed by atoms with Gasteiger partial charge in [-0.3, -0.25) is 9.59 Å². The third kappa shape index (κ3) is 3.94. The van der Waals surface area contributed by atoms with Crippen LogP contribution in [0.25, 0.3) is 0 Å². The van der Waals surface area contributed by atoms with Crippen molar-refractivity contribution in [2.45, 2.75) is 65.9 Å². The molecule has 0 amide bonds. The van der Waals surface area contributed by atoms with Crippen molar-refractivity contribution in [3.05, 3.63) is 22.5 Å². The fourth-order valence-electron chi connectivity index (χ4n) is 4.85. The number of ether oxygens (including phenoxy) is 2. The number of hydrogen-bond donors (Lipinski definition) is 1. The molecule has 0 saturated heterocycles. The van der Waals surface area contributed by atoms with E-state index in [2.05, 4.69) is 4.98 Å². The Labute approximate surface area is 160 Å². The summed E-state index contributed by atoms with van der Waals surface area (Å²) < 4.78 is 10.5. The summed E-state index contributed by atoms with van der Waals surface area (Å²) in [6.07, 6.45) is 4.37. The van der Waals surface area contributed by atoms with E-state index >= 15 is 0 Å². The fraction of sp³-hybridized carbons (Fsp3) is 0.667. The van der Waals surface area contributed by atoms with Gasteiger partial charge >= 0.3 is 11.9 Å². The van der Waals surface area contributed by atoms with Crippen LogP contribution in [0.3, 0.4) is 0 Å². The Bertz CT molecular complexity index is 750. The minimum absolute atomic E-state index is 0.267. The van der Waals surface area contributed by atoms with Gasteiger partial charge in [-0.1, -0.05) is 6.42 Å². The van der Waals surface area contributed by atoms with Crippen molar-refractivity contribution in [3.63, 3.8) is 0 Å². The second kappa shape index (κ2) is 7.87. The van der Waals surface area contributed by atoms with Crippen molar-refractivity contribution in [2.75, 3.05) is 6.61 Å². The molecule has 4 atom stereocenters. The summed E-state index contributed by atoms with van der Waals surface area (Å²) in [7, 11) is 0. The van der Waals surface area contributed by atoms with Gasteiger partial charge in [0.15, 0.2) is 6.10 Å². The van der Waals surface area contributed by atoms with E-state index in [1.54, 1.807) is 27.7 Å². The van der Waals surface area contributed by atoms with Crippen LogP contribution in [0.1, 0.15) is 78.1 Å². The smallest absolute Gasteiger partial charge is 0.340 e. The summed E-state index contributed by atoms with van der Waals surface area (Å²) in [4.78, 5) is 40.1. The van der Waals surface area contributed by atoms with Gasteiger partial charge in [-0.05, 0) is 70.3 Å². The lowest BCUT2D eigenvalue weighted by Gasteiger charge is -2.21. The van der Waals surface area contributed by atoms with E-state index in [4.69, 9.17) is 9.47 Å². The molecule has 6 heteroatoms. The van der Waals surface area contributed by atoms with Crippen LogP contribution in [0.15, 0.2) is 0 Å². The summed E-state index contributed by atoms with van der Waals surface area (Å²) >= 11 is 0. The zero-order valence-corrected chi connectivity index (χ0v) is 16.6. The van der Waals surface area contributed by atoms with Crippen molar-refractivity contribution in [2.24, 2.45) is 17.8 Å². The highest BCUT2D eigenvalue weighted by atomic mass is 16.5. The molecule has 1 aromatic heterocycles. The van der Waals surface area contributed by atoms with E-state index in [-0.39, 0.29) is 18.4 Å². The lowest BCUT2D eigenvalue weighted by molar-refractivity contribution is -0.147. The highest BCUT2D eigenvalue weighted by Crippen LogP contribution is 2.49. The topological polar surface area (TPSA) is 85.5 Å². The average molecular weight is 375 g/mol. The van der Waals surface area contributed by atoms with E-state index < -0.39 is 12.1 Å². The zero-order chi connectivity index (χ0) is 19.7. The van der Waals surface area contributed by atoms with Gasteiger partial charge in [-0.15, -0.1) is 0 Å². The molecule has 1 N–H and O–H groups in total. The Kier molecular flexibility index (Phi) is 5.72. The number of Topliss-reactive ketones (excluding diaryl/α,β-unsaturated/α-hetero) is 1. The van der Waals surface area contributed by atoms with Crippen LogP contribution in [0.4, 0.5) is 0 Å². The number of aromatic nitrogens is 1. The van der Waals surface area contributed by atoms with Crippen LogP contribution in [-0.4, -0.2) is 35.4 Å². The molecular formula is C21H29NO5. The van der Waals surface area contributed by atoms with E-state index in [1.807, 2.05) is 0 Å². The molecule has 0 spiro atoms. The molecule has 2 saturated carbocycles. The number of nitrogens with one attached hydrogen (secondary N) is 1. The molecule has 2 fully saturated rings. The number of carbonyl (C=O) groups excluding carboxylic acids is 3. The largest absolute Gasteiger partial charge is 0.462 e. The predicted molar refractivity (Wildman–Crippen MR) is 99.7 cm³/mol. The number of carbonyl (C=O) groups is 3. The summed E-state index contributed by atoms with van der Waals surface area (Å²) in [6, 6.07) is 0. The van der Waals surface area contributed by atoms with Crippen LogP contribution in [0.2, 0.25) is 0 Å². The van der Waals surface area contributed by atoms with Gasteiger partial charge in [0.2, 0.25) is 5.78 Å². The molecule has 2 bridgehead atoms. The summed E-state index contributed by atoms with van der Waals surface area (Å²) in [5.74, 6) is 0.742. The van der Waals surface area contributed by atoms with Gasteiger partial charge in [0.1, 0.15) is 0 Å². The lowest BCUT2D eigenvalue weighted by Crippen LogP contribution is -2.27. The minimum Gasteiger partial charge on any atom is -0.462 e. The van der Waals surface area contributed by atoms with Crippen molar-refractivity contribution in [1.29, 1.82) is 0 Å². The first-order chi connectivity index (χ1) is 12.8. The number of hydrogen-bond acceptors (Lipinski definition) is 5. The Morgan fingerprint density at radius 3 is 2.52 bits per heavy atom. The molecule has 0 radical (unpaired) electrons. The van der Waals surface area contributed by atoms with E-state index in [0.717, 1.165) is 12.3 Å². The normalized spacial score (nSPS) is 24.7. The monoisotopic (exact) mass is 375 g/mol. The third-order valence-corrected chi connectivity index (χ3v) is 6.15. The molecule has 0 aliphatic heterocycles. The quantitative estimate of drug-likeness (QED) is 0.579. The molecule has 3 rings (SSSR count). The molecule has 4 unspecified atom stereocenters. The van der Waals surface area contributed by atoms with Crippen LogP contribution in [0.5, 0.6) is 0 Å². The molecule has 6 nitrogen and oxygen atoms in total. The number of rotatable bonds is 7. The Balaban J connectivity index is 1.62. The maximum Gasteiger partial charge on any atom is 0.340 e. The number of fused-ring (bicyclic) bond motifs is 2. The Morgan fingerprint density at radius 1 is 1.19 bits per heavy atom. The maximum atomic E-state index is 12.8. The summed E-state index contributed by atoms with van der Waals surface area (Å²) in [5, 5.41) is 0. The van der Waals surface area contributed by atoms with Gasteiger partial charge in [-0.2, -0.15) is 0 Å². The van der Waals surface area contributed by atoms with Gasteiger partial charge in [-0.25, -0.2) is 4.79 Å². The maximum absolute atomic E-state index is 12.8. The van der Waals surface area contributed by atoms with E-state index in [0.29, 0.717) is 40.8 Å². The van der Waals surface area contributed by atoms with Gasteiger partial charge < -0.3 is 14.5 Å². The number of aromatic amines is 1. The lowest BCUT2D eigenvalue weighted by atomic mass is 9.86. The summed E-state index contributed by atoms with van der Waals surface area (Å²) in [5.41, 5.74) is 1.79. The second-order valence-electron chi connectivity index (χ2n) is 7.98. The predicted octanol–water partition coefficient (Wildman–Crippen LogP) is 3.75. The minimum atomic E-state index is -0.886. The highest BCUT2D eigenvalue weighted by Gasteiger charge is 2.40. The first-order valence-corrected chi connectivity index (χ1v) is 9.91. The average Bonchev–Trinajstić information content (AvgIpc) is 3.28. The molecule has 27 heavy (non-hydrogen) atoms. The second-order valence-corrected chi connectivity index (χ2v) is 7.98. The van der Waals surface area contributed by atoms with Crippen molar-refractivity contribution >= 4 is 17.7 Å². The number of H-pyrrole nitrogens is 1. The summed E-state index contributed by atoms with van der Waals surface area (Å²) in [6.45, 7) is 7.01. The molecule has 148 valence electrons. The first kappa shape index (κ1) is 19.6. The molecule has 1 heterocycles. The third-order valence-electron chi connectivity index (χ3n) is 6.15. The molecular weight excluding hydrogens is 346 g/mol. The molecule has 2 aliphatic carbocycles. The standard InChI is InChI=1S/C21H29NO5/c1-5-26-21(25)18-11(2)19(22-12(18)3)20(24)13(4)27-17(23)10-16-9-14-6-7-15(16)8-14/h13-16,22H,5-10H2,1-4H3. The van der Waals surface area contributed by atoms with E-state index in [1.165, 1.54) is 19.3 Å². The Hall–Kier alpha value is -2.11. The SMILES string of the molecule is CCOC(=O)c1c(C)[nH]c(C(=O)C(C)OC(=O)CC2CC3CCC2C3)c1C. The van der Waals surface area contributed by atoms with Crippen LogP contribution >= 0.6 is 0 Å². The molecule has 1 aromatic rings. The van der Waals surface area contributed by atoms with Crippen LogP contribution in [-0.2, 0) is 14.3 Å². The van der Waals surface area contributed by atoms with Crippen molar-refractivity contribution in [3.8, 4) is 0 Å². The highest BCUT2D eigenvalue weighted by molar-refractivity contribution is 6.03. The van der Waals surface area contributed by atoms with Gasteiger partial charge in [0, 0.05) is 12.1 Å². The number of esters is 2. The van der Waals surface area contributed by atoms with Gasteiger partial charge in [0.25, 0.3) is 0 Å².